The van der Waals surface area contributed by atoms with Crippen LogP contribution in [0.1, 0.15) is 43.0 Å². The fourth-order valence-corrected chi connectivity index (χ4v) is 3.46. The molecular formula is C13H22N2S. The zero-order valence-electron chi connectivity index (χ0n) is 10.1. The second kappa shape index (κ2) is 5.30. The lowest BCUT2D eigenvalue weighted by Gasteiger charge is -2.23. The van der Waals surface area contributed by atoms with Crippen molar-refractivity contribution < 1.29 is 0 Å². The lowest BCUT2D eigenvalue weighted by atomic mass is 9.99. The Morgan fingerprint density at radius 3 is 2.88 bits per heavy atom. The van der Waals surface area contributed by atoms with E-state index in [-0.39, 0.29) is 5.54 Å². The average Bonchev–Trinajstić information content (AvgIpc) is 2.88. The summed E-state index contributed by atoms with van der Waals surface area (Å²) in [6.07, 6.45) is 6.11. The normalized spacial score (nSPS) is 19.1. The summed E-state index contributed by atoms with van der Waals surface area (Å²) in [4.78, 5) is 1.48. The smallest absolute Gasteiger partial charge is 0.0303 e. The maximum absolute atomic E-state index is 6.31. The van der Waals surface area contributed by atoms with Gasteiger partial charge in [0, 0.05) is 23.5 Å². The van der Waals surface area contributed by atoms with Crippen molar-refractivity contribution in [2.45, 2.75) is 51.1 Å². The van der Waals surface area contributed by atoms with Gasteiger partial charge in [-0.25, -0.2) is 0 Å². The van der Waals surface area contributed by atoms with Crippen molar-refractivity contribution in [2.75, 3.05) is 6.54 Å². The van der Waals surface area contributed by atoms with Gasteiger partial charge in [0.05, 0.1) is 0 Å². The first kappa shape index (κ1) is 12.1. The number of hydrogen-bond acceptors (Lipinski definition) is 3. The second-order valence-corrected chi connectivity index (χ2v) is 5.90. The van der Waals surface area contributed by atoms with Crippen LogP contribution in [0.25, 0.3) is 0 Å². The molecule has 1 aromatic heterocycles. The fraction of sp³-hybridized carbons (Fsp3) is 0.692. The molecule has 0 radical (unpaired) electrons. The summed E-state index contributed by atoms with van der Waals surface area (Å²) in [6.45, 7) is 4.17. The van der Waals surface area contributed by atoms with Gasteiger partial charge in [0.25, 0.3) is 0 Å². The summed E-state index contributed by atoms with van der Waals surface area (Å²) < 4.78 is 0. The molecule has 1 saturated carbocycles. The van der Waals surface area contributed by atoms with Gasteiger partial charge in [-0.2, -0.15) is 0 Å². The van der Waals surface area contributed by atoms with E-state index >= 15 is 0 Å². The average molecular weight is 238 g/mol. The van der Waals surface area contributed by atoms with Crippen LogP contribution in [0, 0.1) is 0 Å². The van der Waals surface area contributed by atoms with Gasteiger partial charge in [-0.3, -0.25) is 0 Å². The first-order valence-corrected chi connectivity index (χ1v) is 7.16. The predicted octanol–water partition coefficient (Wildman–Crippen LogP) is 2.67. The molecule has 2 nitrogen and oxygen atoms in total. The number of hydrogen-bond donors (Lipinski definition) is 2. The molecule has 0 amide bonds. The van der Waals surface area contributed by atoms with E-state index in [1.54, 1.807) is 0 Å². The topological polar surface area (TPSA) is 38.0 Å². The quantitative estimate of drug-likeness (QED) is 0.827. The highest BCUT2D eigenvalue weighted by atomic mass is 32.1. The Balaban J connectivity index is 1.79. The number of nitrogens with one attached hydrogen (secondary N) is 1. The molecule has 0 unspecified atom stereocenters. The molecule has 1 heterocycles. The molecule has 0 aliphatic heterocycles. The van der Waals surface area contributed by atoms with E-state index in [1.165, 1.54) is 36.1 Å². The highest BCUT2D eigenvalue weighted by molar-refractivity contribution is 7.10. The Morgan fingerprint density at radius 1 is 1.44 bits per heavy atom. The van der Waals surface area contributed by atoms with Gasteiger partial charge >= 0.3 is 0 Å². The Bertz CT molecular complexity index is 326. The molecule has 1 aliphatic carbocycles. The lowest BCUT2D eigenvalue weighted by Crippen LogP contribution is -2.46. The van der Waals surface area contributed by atoms with Crippen molar-refractivity contribution in [1.29, 1.82) is 0 Å². The monoisotopic (exact) mass is 238 g/mol. The van der Waals surface area contributed by atoms with E-state index in [0.717, 1.165) is 19.5 Å². The van der Waals surface area contributed by atoms with E-state index in [0.29, 0.717) is 0 Å². The van der Waals surface area contributed by atoms with Crippen LogP contribution >= 0.6 is 11.3 Å². The van der Waals surface area contributed by atoms with E-state index in [2.05, 4.69) is 23.7 Å². The molecule has 90 valence electrons. The third-order valence-electron chi connectivity index (χ3n) is 3.58. The van der Waals surface area contributed by atoms with Crippen molar-refractivity contribution in [3.05, 3.63) is 21.9 Å². The van der Waals surface area contributed by atoms with Crippen LogP contribution in [-0.4, -0.2) is 12.1 Å². The molecule has 0 saturated heterocycles. The van der Waals surface area contributed by atoms with Gasteiger partial charge in [-0.05, 0) is 36.3 Å². The summed E-state index contributed by atoms with van der Waals surface area (Å²) in [6, 6.07) is 2.23. The lowest BCUT2D eigenvalue weighted by molar-refractivity contribution is 0.405. The highest BCUT2D eigenvalue weighted by Crippen LogP contribution is 2.26. The molecule has 3 heteroatoms. The molecular weight excluding hydrogens is 216 g/mol. The number of rotatable bonds is 5. The third kappa shape index (κ3) is 2.84. The molecule has 1 fully saturated rings. The van der Waals surface area contributed by atoms with Crippen molar-refractivity contribution in [1.82, 2.24) is 5.32 Å². The maximum atomic E-state index is 6.31. The van der Waals surface area contributed by atoms with E-state index in [9.17, 15) is 0 Å². The predicted molar refractivity (Wildman–Crippen MR) is 70.8 cm³/mol. The SMILES string of the molecule is CCc1ccsc1CNCC1(N)CCCC1. The van der Waals surface area contributed by atoms with Crippen molar-refractivity contribution >= 4 is 11.3 Å². The number of nitrogens with two attached hydrogens (primary N) is 1. The minimum Gasteiger partial charge on any atom is -0.324 e. The van der Waals surface area contributed by atoms with Gasteiger partial charge in [0.1, 0.15) is 0 Å². The first-order valence-electron chi connectivity index (χ1n) is 6.28. The Morgan fingerprint density at radius 2 is 2.19 bits per heavy atom. The Kier molecular flexibility index (Phi) is 4.00. The van der Waals surface area contributed by atoms with E-state index in [1.807, 2.05) is 11.3 Å². The van der Waals surface area contributed by atoms with Gasteiger partial charge in [-0.1, -0.05) is 19.8 Å². The largest absolute Gasteiger partial charge is 0.324 e. The standard InChI is InChI=1S/C13H22N2S/c1-2-11-5-8-16-12(11)9-15-10-13(14)6-3-4-7-13/h5,8,15H,2-4,6-7,9-10,14H2,1H3. The highest BCUT2D eigenvalue weighted by Gasteiger charge is 2.28. The third-order valence-corrected chi connectivity index (χ3v) is 4.54. The summed E-state index contributed by atoms with van der Waals surface area (Å²) in [5.74, 6) is 0. The minimum absolute atomic E-state index is 0.0731. The van der Waals surface area contributed by atoms with Crippen LogP contribution in [0.4, 0.5) is 0 Å². The molecule has 0 bridgehead atoms. The zero-order chi connectivity index (χ0) is 11.4. The van der Waals surface area contributed by atoms with Crippen LogP contribution in [0.2, 0.25) is 0 Å². The van der Waals surface area contributed by atoms with Crippen molar-refractivity contribution in [2.24, 2.45) is 5.73 Å². The second-order valence-electron chi connectivity index (χ2n) is 4.90. The van der Waals surface area contributed by atoms with Crippen molar-refractivity contribution in [3.8, 4) is 0 Å². The van der Waals surface area contributed by atoms with Gasteiger partial charge in [0.2, 0.25) is 0 Å². The van der Waals surface area contributed by atoms with E-state index in [4.69, 9.17) is 5.73 Å². The summed E-state index contributed by atoms with van der Waals surface area (Å²) in [5, 5.41) is 5.71. The van der Waals surface area contributed by atoms with Crippen LogP contribution in [0.15, 0.2) is 11.4 Å². The summed E-state index contributed by atoms with van der Waals surface area (Å²) in [7, 11) is 0. The van der Waals surface area contributed by atoms with Crippen LogP contribution in [0.3, 0.4) is 0 Å². The zero-order valence-corrected chi connectivity index (χ0v) is 10.9. The van der Waals surface area contributed by atoms with Crippen molar-refractivity contribution in [3.63, 3.8) is 0 Å². The van der Waals surface area contributed by atoms with Crippen LogP contribution in [0.5, 0.6) is 0 Å². The number of thiophene rings is 1. The molecule has 1 aliphatic rings. The first-order chi connectivity index (χ1) is 7.73. The fourth-order valence-electron chi connectivity index (χ4n) is 2.52. The van der Waals surface area contributed by atoms with Crippen LogP contribution in [-0.2, 0) is 13.0 Å². The van der Waals surface area contributed by atoms with Crippen LogP contribution < -0.4 is 11.1 Å². The maximum Gasteiger partial charge on any atom is 0.0303 e. The molecule has 0 spiro atoms. The summed E-state index contributed by atoms with van der Waals surface area (Å²) in [5.41, 5.74) is 7.86. The molecule has 0 aromatic carbocycles. The Hall–Kier alpha value is -0.380. The minimum atomic E-state index is 0.0731. The molecule has 3 N–H and O–H groups in total. The molecule has 16 heavy (non-hydrogen) atoms. The van der Waals surface area contributed by atoms with Gasteiger partial charge in [-0.15, -0.1) is 11.3 Å². The van der Waals surface area contributed by atoms with Gasteiger partial charge in [0.15, 0.2) is 0 Å². The Labute approximate surface area is 102 Å². The molecule has 1 aromatic rings. The summed E-state index contributed by atoms with van der Waals surface area (Å²) >= 11 is 1.85. The number of aryl methyl sites for hydroxylation is 1. The van der Waals surface area contributed by atoms with Gasteiger partial charge < -0.3 is 11.1 Å². The van der Waals surface area contributed by atoms with E-state index < -0.39 is 0 Å². The molecule has 2 rings (SSSR count). The molecule has 0 atom stereocenters.